The standard InChI is InChI=1S/C16H15Br2FN2O/c1-3-9-13(18)14(20)12(17)8(2)15(9)21-16(22)10-6-4-5-7-11(10)19/h4-7H,3,20H2,1-2H3,(H,21,22). The molecule has 3 N–H and O–H groups in total. The van der Waals surface area contributed by atoms with Crippen molar-refractivity contribution in [3.05, 3.63) is 55.7 Å². The van der Waals surface area contributed by atoms with Crippen molar-refractivity contribution in [2.45, 2.75) is 20.3 Å². The van der Waals surface area contributed by atoms with Crippen LogP contribution in [0, 0.1) is 12.7 Å². The Morgan fingerprint density at radius 1 is 1.27 bits per heavy atom. The highest BCUT2D eigenvalue weighted by molar-refractivity contribution is 9.11. The van der Waals surface area contributed by atoms with Gasteiger partial charge in [-0.3, -0.25) is 4.79 Å². The smallest absolute Gasteiger partial charge is 0.258 e. The molecule has 0 aliphatic rings. The zero-order chi connectivity index (χ0) is 16.4. The Kier molecular flexibility index (Phi) is 5.24. The Morgan fingerprint density at radius 3 is 2.50 bits per heavy atom. The number of amides is 1. The Labute approximate surface area is 145 Å². The minimum atomic E-state index is -0.552. The number of nitrogen functional groups attached to an aromatic ring is 1. The Balaban J connectivity index is 2.50. The van der Waals surface area contributed by atoms with Gasteiger partial charge in [0, 0.05) is 14.6 Å². The Bertz CT molecular complexity index is 747. The highest BCUT2D eigenvalue weighted by Crippen LogP contribution is 2.40. The van der Waals surface area contributed by atoms with Crippen molar-refractivity contribution in [2.24, 2.45) is 0 Å². The molecule has 0 heterocycles. The highest BCUT2D eigenvalue weighted by Gasteiger charge is 2.20. The van der Waals surface area contributed by atoms with Gasteiger partial charge in [-0.05, 0) is 68.5 Å². The van der Waals surface area contributed by atoms with Crippen LogP contribution in [-0.2, 0) is 6.42 Å². The normalized spacial score (nSPS) is 10.6. The molecule has 0 radical (unpaired) electrons. The maximum Gasteiger partial charge on any atom is 0.258 e. The van der Waals surface area contributed by atoms with Crippen LogP contribution in [0.25, 0.3) is 0 Å². The van der Waals surface area contributed by atoms with Gasteiger partial charge in [0.05, 0.1) is 11.3 Å². The molecule has 0 spiro atoms. The average molecular weight is 430 g/mol. The molecule has 0 atom stereocenters. The van der Waals surface area contributed by atoms with Gasteiger partial charge in [-0.15, -0.1) is 0 Å². The van der Waals surface area contributed by atoms with Crippen LogP contribution in [0.15, 0.2) is 33.2 Å². The van der Waals surface area contributed by atoms with Crippen molar-refractivity contribution in [3.8, 4) is 0 Å². The van der Waals surface area contributed by atoms with Crippen molar-refractivity contribution in [1.29, 1.82) is 0 Å². The second-order valence-corrected chi connectivity index (χ2v) is 6.39. The number of nitrogens with two attached hydrogens (primary N) is 1. The van der Waals surface area contributed by atoms with Gasteiger partial charge in [0.2, 0.25) is 0 Å². The molecule has 0 saturated carbocycles. The van der Waals surface area contributed by atoms with E-state index in [2.05, 4.69) is 37.2 Å². The lowest BCUT2D eigenvalue weighted by Gasteiger charge is -2.18. The lowest BCUT2D eigenvalue weighted by Crippen LogP contribution is -2.16. The van der Waals surface area contributed by atoms with Gasteiger partial charge in [0.15, 0.2) is 0 Å². The molecular weight excluding hydrogens is 415 g/mol. The minimum Gasteiger partial charge on any atom is -0.397 e. The SMILES string of the molecule is CCc1c(Br)c(N)c(Br)c(C)c1NC(=O)c1ccccc1F. The van der Waals surface area contributed by atoms with Gasteiger partial charge in [0.1, 0.15) is 5.82 Å². The van der Waals surface area contributed by atoms with Crippen molar-refractivity contribution in [2.75, 3.05) is 11.1 Å². The summed E-state index contributed by atoms with van der Waals surface area (Å²) in [4.78, 5) is 12.3. The molecule has 1 amide bonds. The van der Waals surface area contributed by atoms with E-state index in [1.165, 1.54) is 12.1 Å². The molecule has 6 heteroatoms. The van der Waals surface area contributed by atoms with Gasteiger partial charge in [-0.2, -0.15) is 0 Å². The first-order valence-corrected chi connectivity index (χ1v) is 8.28. The maximum absolute atomic E-state index is 13.7. The van der Waals surface area contributed by atoms with E-state index < -0.39 is 11.7 Å². The van der Waals surface area contributed by atoms with E-state index in [0.29, 0.717) is 22.3 Å². The number of carbonyl (C=O) groups excluding carboxylic acids is 1. The molecule has 116 valence electrons. The molecule has 22 heavy (non-hydrogen) atoms. The van der Waals surface area contributed by atoms with Crippen LogP contribution in [-0.4, -0.2) is 5.91 Å². The van der Waals surface area contributed by atoms with Crippen molar-refractivity contribution >= 4 is 49.1 Å². The van der Waals surface area contributed by atoms with Crippen LogP contribution in [0.5, 0.6) is 0 Å². The first-order chi connectivity index (χ1) is 10.4. The molecule has 0 unspecified atom stereocenters. The zero-order valence-electron chi connectivity index (χ0n) is 12.1. The van der Waals surface area contributed by atoms with Gasteiger partial charge < -0.3 is 11.1 Å². The summed E-state index contributed by atoms with van der Waals surface area (Å²) >= 11 is 6.88. The number of benzene rings is 2. The molecule has 0 fully saturated rings. The molecule has 0 bridgehead atoms. The van der Waals surface area contributed by atoms with E-state index in [1.54, 1.807) is 12.1 Å². The summed E-state index contributed by atoms with van der Waals surface area (Å²) in [7, 11) is 0. The summed E-state index contributed by atoms with van der Waals surface area (Å²) in [5, 5.41) is 2.80. The predicted octanol–water partition coefficient (Wildman–Crippen LogP) is 5.06. The summed E-state index contributed by atoms with van der Waals surface area (Å²) in [5.41, 5.74) is 8.94. The van der Waals surface area contributed by atoms with Crippen LogP contribution >= 0.6 is 31.9 Å². The topological polar surface area (TPSA) is 55.1 Å². The summed E-state index contributed by atoms with van der Waals surface area (Å²) in [6, 6.07) is 5.88. The molecule has 2 aromatic carbocycles. The summed E-state index contributed by atoms with van der Waals surface area (Å²) in [5.74, 6) is -1.04. The van der Waals surface area contributed by atoms with Crippen LogP contribution in [0.4, 0.5) is 15.8 Å². The number of anilines is 2. The number of hydrogen-bond donors (Lipinski definition) is 2. The van der Waals surface area contributed by atoms with Crippen LogP contribution in [0.2, 0.25) is 0 Å². The van der Waals surface area contributed by atoms with E-state index in [1.807, 2.05) is 13.8 Å². The summed E-state index contributed by atoms with van der Waals surface area (Å²) in [6.45, 7) is 3.81. The Hall–Kier alpha value is -1.40. The van der Waals surface area contributed by atoms with E-state index in [4.69, 9.17) is 5.73 Å². The van der Waals surface area contributed by atoms with E-state index in [-0.39, 0.29) is 5.56 Å². The zero-order valence-corrected chi connectivity index (χ0v) is 15.3. The summed E-state index contributed by atoms with van der Waals surface area (Å²) in [6.07, 6.45) is 0.672. The lowest BCUT2D eigenvalue weighted by molar-refractivity contribution is 0.102. The van der Waals surface area contributed by atoms with Gasteiger partial charge in [-0.25, -0.2) is 4.39 Å². The van der Waals surface area contributed by atoms with Crippen molar-refractivity contribution < 1.29 is 9.18 Å². The largest absolute Gasteiger partial charge is 0.397 e. The minimum absolute atomic E-state index is 0.00743. The van der Waals surface area contributed by atoms with E-state index in [9.17, 15) is 9.18 Å². The van der Waals surface area contributed by atoms with Crippen LogP contribution < -0.4 is 11.1 Å². The van der Waals surface area contributed by atoms with Gasteiger partial charge in [-0.1, -0.05) is 19.1 Å². The second-order valence-electron chi connectivity index (χ2n) is 4.81. The molecular formula is C16H15Br2FN2O. The molecule has 0 aromatic heterocycles. The third-order valence-electron chi connectivity index (χ3n) is 3.45. The van der Waals surface area contributed by atoms with Crippen LogP contribution in [0.3, 0.4) is 0 Å². The molecule has 2 aromatic rings. The fourth-order valence-electron chi connectivity index (χ4n) is 2.23. The number of rotatable bonds is 3. The molecule has 0 aliphatic carbocycles. The van der Waals surface area contributed by atoms with E-state index in [0.717, 1.165) is 15.6 Å². The second kappa shape index (κ2) is 6.79. The quantitative estimate of drug-likeness (QED) is 0.670. The van der Waals surface area contributed by atoms with E-state index >= 15 is 0 Å². The number of carbonyl (C=O) groups is 1. The van der Waals surface area contributed by atoms with Crippen LogP contribution in [0.1, 0.15) is 28.4 Å². The number of nitrogens with one attached hydrogen (secondary N) is 1. The molecule has 0 saturated heterocycles. The van der Waals surface area contributed by atoms with Crippen molar-refractivity contribution in [3.63, 3.8) is 0 Å². The highest BCUT2D eigenvalue weighted by atomic mass is 79.9. The average Bonchev–Trinajstić information content (AvgIpc) is 2.51. The Morgan fingerprint density at radius 2 is 1.91 bits per heavy atom. The van der Waals surface area contributed by atoms with Crippen molar-refractivity contribution in [1.82, 2.24) is 0 Å². The lowest BCUT2D eigenvalue weighted by atomic mass is 10.0. The number of halogens is 3. The summed E-state index contributed by atoms with van der Waals surface area (Å²) < 4.78 is 15.2. The third kappa shape index (κ3) is 3.03. The van der Waals surface area contributed by atoms with Gasteiger partial charge in [0.25, 0.3) is 5.91 Å². The fraction of sp³-hybridized carbons (Fsp3) is 0.188. The third-order valence-corrected chi connectivity index (χ3v) is 5.38. The first kappa shape index (κ1) is 17.0. The predicted molar refractivity (Wildman–Crippen MR) is 94.7 cm³/mol. The fourth-order valence-corrected chi connectivity index (χ4v) is 3.57. The van der Waals surface area contributed by atoms with Gasteiger partial charge >= 0.3 is 0 Å². The monoisotopic (exact) mass is 428 g/mol. The number of hydrogen-bond acceptors (Lipinski definition) is 2. The molecule has 3 nitrogen and oxygen atoms in total. The maximum atomic E-state index is 13.7. The molecule has 2 rings (SSSR count). The molecule has 0 aliphatic heterocycles. The first-order valence-electron chi connectivity index (χ1n) is 6.70.